The van der Waals surface area contributed by atoms with Crippen molar-refractivity contribution < 1.29 is 0 Å². The van der Waals surface area contributed by atoms with Crippen LogP contribution < -0.4 is 5.32 Å². The molecule has 0 heterocycles. The number of hydrogen-bond acceptors (Lipinski definition) is 1. The lowest BCUT2D eigenvalue weighted by Crippen LogP contribution is -2.04. The first-order valence-corrected chi connectivity index (χ1v) is 5.89. The number of rotatable bonds is 4. The summed E-state index contributed by atoms with van der Waals surface area (Å²) in [4.78, 5) is 0. The van der Waals surface area contributed by atoms with Crippen LogP contribution in [0.25, 0.3) is 0 Å². The highest BCUT2D eigenvalue weighted by atomic mass is 79.9. The minimum atomic E-state index is 0.763. The molecule has 0 unspecified atom stereocenters. The summed E-state index contributed by atoms with van der Waals surface area (Å²) >= 11 is 3.49. The van der Waals surface area contributed by atoms with Gasteiger partial charge in [-0.25, -0.2) is 0 Å². The summed E-state index contributed by atoms with van der Waals surface area (Å²) in [6, 6.07) is 6.37. The molecule has 0 saturated carbocycles. The molecule has 1 aromatic carbocycles. The van der Waals surface area contributed by atoms with Crippen molar-refractivity contribution in [1.29, 1.82) is 0 Å². The van der Waals surface area contributed by atoms with Crippen molar-refractivity contribution in [2.75, 3.05) is 11.9 Å². The van der Waals surface area contributed by atoms with Gasteiger partial charge in [-0.05, 0) is 43.0 Å². The Morgan fingerprint density at radius 2 is 2.07 bits per heavy atom. The van der Waals surface area contributed by atoms with E-state index in [-0.39, 0.29) is 0 Å². The van der Waals surface area contributed by atoms with Gasteiger partial charge in [-0.3, -0.25) is 0 Å². The molecule has 0 atom stereocenters. The van der Waals surface area contributed by atoms with Crippen LogP contribution in [0, 0.1) is 12.8 Å². The smallest absolute Gasteiger partial charge is 0.0343 e. The maximum absolute atomic E-state index is 3.49. The molecule has 0 fully saturated rings. The van der Waals surface area contributed by atoms with E-state index in [9.17, 15) is 0 Å². The summed E-state index contributed by atoms with van der Waals surface area (Å²) in [7, 11) is 0. The lowest BCUT2D eigenvalue weighted by Gasteiger charge is -2.09. The van der Waals surface area contributed by atoms with Gasteiger partial charge < -0.3 is 5.32 Å². The van der Waals surface area contributed by atoms with E-state index in [0.717, 1.165) is 12.5 Å². The van der Waals surface area contributed by atoms with Crippen LogP contribution in [-0.4, -0.2) is 6.54 Å². The molecular formula is C12H18BrN. The molecule has 0 amide bonds. The summed E-state index contributed by atoms with van der Waals surface area (Å²) in [5.41, 5.74) is 2.49. The summed E-state index contributed by atoms with van der Waals surface area (Å²) < 4.78 is 1.17. The molecule has 2 heteroatoms. The molecule has 1 N–H and O–H groups in total. The average molecular weight is 256 g/mol. The highest BCUT2D eigenvalue weighted by molar-refractivity contribution is 9.10. The summed E-state index contributed by atoms with van der Waals surface area (Å²) in [6.45, 7) is 7.65. The van der Waals surface area contributed by atoms with Crippen LogP contribution in [0.1, 0.15) is 25.8 Å². The maximum atomic E-state index is 3.49. The topological polar surface area (TPSA) is 12.0 Å². The average Bonchev–Trinajstić information content (AvgIpc) is 2.10. The van der Waals surface area contributed by atoms with Crippen LogP contribution in [0.15, 0.2) is 22.7 Å². The Kier molecular flexibility index (Phi) is 4.46. The van der Waals surface area contributed by atoms with E-state index in [0.29, 0.717) is 0 Å². The summed E-state index contributed by atoms with van der Waals surface area (Å²) in [6.07, 6.45) is 1.22. The van der Waals surface area contributed by atoms with E-state index in [1.54, 1.807) is 0 Å². The van der Waals surface area contributed by atoms with Crippen LogP contribution in [0.4, 0.5) is 5.69 Å². The fraction of sp³-hybridized carbons (Fsp3) is 0.500. The van der Waals surface area contributed by atoms with Gasteiger partial charge in [0, 0.05) is 16.7 Å². The summed E-state index contributed by atoms with van der Waals surface area (Å²) in [5.74, 6) is 0.763. The van der Waals surface area contributed by atoms with Gasteiger partial charge in [0.2, 0.25) is 0 Å². The highest BCUT2D eigenvalue weighted by Gasteiger charge is 1.97. The second kappa shape index (κ2) is 5.40. The zero-order valence-electron chi connectivity index (χ0n) is 9.10. The van der Waals surface area contributed by atoms with Crippen molar-refractivity contribution in [3.8, 4) is 0 Å². The lowest BCUT2D eigenvalue weighted by atomic mass is 10.1. The number of anilines is 1. The predicted molar refractivity (Wildman–Crippen MR) is 66.8 cm³/mol. The Bertz CT molecular complexity index is 294. The third-order valence-corrected chi connectivity index (χ3v) is 3.10. The van der Waals surface area contributed by atoms with Crippen LogP contribution >= 0.6 is 15.9 Å². The van der Waals surface area contributed by atoms with E-state index in [4.69, 9.17) is 0 Å². The van der Waals surface area contributed by atoms with E-state index >= 15 is 0 Å². The van der Waals surface area contributed by atoms with Gasteiger partial charge in [0.1, 0.15) is 0 Å². The standard InChI is InChI=1S/C12H18BrN/c1-9(2)6-7-14-11-4-5-12(13)10(3)8-11/h4-5,8-9,14H,6-7H2,1-3H3. The molecule has 14 heavy (non-hydrogen) atoms. The number of halogens is 1. The molecule has 0 aliphatic heterocycles. The largest absolute Gasteiger partial charge is 0.385 e. The van der Waals surface area contributed by atoms with Crippen LogP contribution in [0.2, 0.25) is 0 Å². The molecular weight excluding hydrogens is 238 g/mol. The van der Waals surface area contributed by atoms with E-state index in [2.05, 4.69) is 60.2 Å². The van der Waals surface area contributed by atoms with Gasteiger partial charge in [0.25, 0.3) is 0 Å². The molecule has 1 aromatic rings. The van der Waals surface area contributed by atoms with Crippen LogP contribution in [0.3, 0.4) is 0 Å². The minimum Gasteiger partial charge on any atom is -0.385 e. The van der Waals surface area contributed by atoms with Crippen LogP contribution in [-0.2, 0) is 0 Å². The fourth-order valence-corrected chi connectivity index (χ4v) is 1.51. The normalized spacial score (nSPS) is 10.6. The number of aryl methyl sites for hydroxylation is 1. The van der Waals surface area contributed by atoms with Gasteiger partial charge in [-0.2, -0.15) is 0 Å². The molecule has 78 valence electrons. The Labute approximate surface area is 95.0 Å². The van der Waals surface area contributed by atoms with Crippen molar-refractivity contribution in [1.82, 2.24) is 0 Å². The number of benzene rings is 1. The molecule has 0 bridgehead atoms. The van der Waals surface area contributed by atoms with Gasteiger partial charge in [-0.1, -0.05) is 29.8 Å². The molecule has 0 spiro atoms. The molecule has 0 aliphatic carbocycles. The first-order valence-electron chi connectivity index (χ1n) is 5.09. The molecule has 1 nitrogen and oxygen atoms in total. The zero-order valence-corrected chi connectivity index (χ0v) is 10.7. The third kappa shape index (κ3) is 3.70. The van der Waals surface area contributed by atoms with Crippen molar-refractivity contribution in [2.24, 2.45) is 5.92 Å². The van der Waals surface area contributed by atoms with E-state index in [1.807, 2.05) is 0 Å². The van der Waals surface area contributed by atoms with Crippen molar-refractivity contribution in [3.05, 3.63) is 28.2 Å². The van der Waals surface area contributed by atoms with E-state index in [1.165, 1.54) is 22.1 Å². The summed E-state index contributed by atoms with van der Waals surface area (Å²) in [5, 5.41) is 3.42. The first-order chi connectivity index (χ1) is 6.59. The monoisotopic (exact) mass is 255 g/mol. The van der Waals surface area contributed by atoms with Crippen LogP contribution in [0.5, 0.6) is 0 Å². The second-order valence-corrected chi connectivity index (χ2v) is 4.93. The third-order valence-electron chi connectivity index (χ3n) is 2.21. The Balaban J connectivity index is 2.47. The molecule has 1 rings (SSSR count). The van der Waals surface area contributed by atoms with Gasteiger partial charge >= 0.3 is 0 Å². The molecule has 0 radical (unpaired) electrons. The Morgan fingerprint density at radius 3 is 2.64 bits per heavy atom. The van der Waals surface area contributed by atoms with Crippen molar-refractivity contribution in [2.45, 2.75) is 27.2 Å². The van der Waals surface area contributed by atoms with Gasteiger partial charge in [0.05, 0.1) is 0 Å². The fourth-order valence-electron chi connectivity index (χ4n) is 1.26. The maximum Gasteiger partial charge on any atom is 0.0343 e. The molecule has 0 aliphatic rings. The second-order valence-electron chi connectivity index (χ2n) is 4.07. The molecule has 0 aromatic heterocycles. The SMILES string of the molecule is Cc1cc(NCCC(C)C)ccc1Br. The lowest BCUT2D eigenvalue weighted by molar-refractivity contribution is 0.607. The quantitative estimate of drug-likeness (QED) is 0.850. The zero-order chi connectivity index (χ0) is 10.6. The Morgan fingerprint density at radius 1 is 1.36 bits per heavy atom. The van der Waals surface area contributed by atoms with Crippen molar-refractivity contribution >= 4 is 21.6 Å². The van der Waals surface area contributed by atoms with Gasteiger partial charge in [-0.15, -0.1) is 0 Å². The molecule has 0 saturated heterocycles. The highest BCUT2D eigenvalue weighted by Crippen LogP contribution is 2.20. The minimum absolute atomic E-state index is 0.763. The number of nitrogens with one attached hydrogen (secondary N) is 1. The first kappa shape index (κ1) is 11.6. The van der Waals surface area contributed by atoms with Crippen molar-refractivity contribution in [3.63, 3.8) is 0 Å². The van der Waals surface area contributed by atoms with E-state index < -0.39 is 0 Å². The predicted octanol–water partition coefficient (Wildman–Crippen LogP) is 4.22. The Hall–Kier alpha value is -0.500. The van der Waals surface area contributed by atoms with Gasteiger partial charge in [0.15, 0.2) is 0 Å². The number of hydrogen-bond donors (Lipinski definition) is 1.